The molecule has 3 fully saturated rings. The zero-order valence-corrected chi connectivity index (χ0v) is 15.1. The first-order valence-electron chi connectivity index (χ1n) is 8.66. The number of ketones is 1. The van der Waals surface area contributed by atoms with Crippen molar-refractivity contribution in [2.24, 2.45) is 5.92 Å². The van der Waals surface area contributed by atoms with Crippen molar-refractivity contribution < 1.29 is 14.4 Å². The molecule has 24 heavy (non-hydrogen) atoms. The van der Waals surface area contributed by atoms with Gasteiger partial charge in [0.2, 0.25) is 11.8 Å². The van der Waals surface area contributed by atoms with E-state index in [0.717, 1.165) is 31.4 Å². The molecule has 0 unspecified atom stereocenters. The molecule has 130 valence electrons. The molecule has 1 aromatic heterocycles. The molecule has 0 N–H and O–H groups in total. The molecule has 0 radical (unpaired) electrons. The van der Waals surface area contributed by atoms with Gasteiger partial charge in [-0.25, -0.2) is 0 Å². The van der Waals surface area contributed by atoms with Gasteiger partial charge in [-0.2, -0.15) is 0 Å². The van der Waals surface area contributed by atoms with Crippen molar-refractivity contribution in [2.75, 3.05) is 19.6 Å². The Morgan fingerprint density at radius 1 is 1.29 bits per heavy atom. The lowest BCUT2D eigenvalue weighted by Gasteiger charge is -2.35. The quantitative estimate of drug-likeness (QED) is 0.768. The van der Waals surface area contributed by atoms with Gasteiger partial charge in [-0.15, -0.1) is 11.3 Å². The highest BCUT2D eigenvalue weighted by atomic mass is 32.1. The maximum Gasteiger partial charge on any atom is 0.227 e. The summed E-state index contributed by atoms with van der Waals surface area (Å²) in [5.41, 5.74) is 0.892. The number of hydrogen-bond acceptors (Lipinski definition) is 4. The summed E-state index contributed by atoms with van der Waals surface area (Å²) in [6.45, 7) is 5.59. The van der Waals surface area contributed by atoms with Crippen LogP contribution in [0.1, 0.15) is 48.3 Å². The van der Waals surface area contributed by atoms with E-state index in [1.54, 1.807) is 0 Å². The molecule has 3 aliphatic heterocycles. The molecule has 2 amide bonds. The van der Waals surface area contributed by atoms with Crippen LogP contribution in [-0.2, 0) is 16.0 Å². The van der Waals surface area contributed by atoms with Crippen LogP contribution < -0.4 is 0 Å². The normalized spacial score (nSPS) is 23.5. The van der Waals surface area contributed by atoms with Crippen LogP contribution in [0.5, 0.6) is 0 Å². The third-order valence-electron chi connectivity index (χ3n) is 4.97. The van der Waals surface area contributed by atoms with Crippen LogP contribution in [0.4, 0.5) is 0 Å². The molecule has 0 aliphatic carbocycles. The molecule has 3 saturated heterocycles. The topological polar surface area (TPSA) is 57.7 Å². The number of nitrogens with zero attached hydrogens (tertiary/aromatic N) is 2. The van der Waals surface area contributed by atoms with Crippen LogP contribution >= 0.6 is 11.3 Å². The van der Waals surface area contributed by atoms with Crippen LogP contribution in [0, 0.1) is 5.92 Å². The monoisotopic (exact) mass is 348 g/mol. The maximum atomic E-state index is 12.7. The van der Waals surface area contributed by atoms with Crippen molar-refractivity contribution in [3.8, 4) is 0 Å². The molecular formula is C18H24N2O3S. The molecule has 2 bridgehead atoms. The van der Waals surface area contributed by atoms with Crippen molar-refractivity contribution in [3.05, 3.63) is 21.9 Å². The van der Waals surface area contributed by atoms with Gasteiger partial charge in [-0.05, 0) is 43.2 Å². The molecule has 4 heterocycles. The Bertz CT molecular complexity index is 654. The Morgan fingerprint density at radius 3 is 2.75 bits per heavy atom. The third kappa shape index (κ3) is 3.38. The van der Waals surface area contributed by atoms with Gasteiger partial charge < -0.3 is 9.80 Å². The van der Waals surface area contributed by atoms with Gasteiger partial charge in [0.25, 0.3) is 0 Å². The summed E-state index contributed by atoms with van der Waals surface area (Å²) in [7, 11) is 0. The summed E-state index contributed by atoms with van der Waals surface area (Å²) >= 11 is 1.39. The highest BCUT2D eigenvalue weighted by Crippen LogP contribution is 2.29. The fourth-order valence-electron chi connectivity index (χ4n) is 3.72. The second kappa shape index (κ2) is 7.05. The summed E-state index contributed by atoms with van der Waals surface area (Å²) in [5, 5.41) is 1.88. The van der Waals surface area contributed by atoms with E-state index in [2.05, 4.69) is 6.92 Å². The molecule has 0 spiro atoms. The molecule has 4 rings (SSSR count). The van der Waals surface area contributed by atoms with Gasteiger partial charge in [-0.3, -0.25) is 14.4 Å². The number of hydrogen-bond donors (Lipinski definition) is 0. The van der Waals surface area contributed by atoms with Crippen LogP contribution in [0.25, 0.3) is 0 Å². The Hall–Kier alpha value is -1.69. The van der Waals surface area contributed by atoms with E-state index in [0.29, 0.717) is 24.4 Å². The first-order chi connectivity index (χ1) is 11.5. The highest BCUT2D eigenvalue weighted by molar-refractivity contribution is 7.12. The van der Waals surface area contributed by atoms with Crippen molar-refractivity contribution in [1.82, 2.24) is 9.80 Å². The molecule has 0 saturated carbocycles. The maximum absolute atomic E-state index is 12.7. The Balaban J connectivity index is 1.69. The van der Waals surface area contributed by atoms with Crippen LogP contribution in [0.2, 0.25) is 0 Å². The van der Waals surface area contributed by atoms with E-state index in [1.165, 1.54) is 18.3 Å². The van der Waals surface area contributed by atoms with Crippen molar-refractivity contribution in [2.45, 2.75) is 45.6 Å². The summed E-state index contributed by atoms with van der Waals surface area (Å²) in [4.78, 5) is 41.2. The predicted octanol–water partition coefficient (Wildman–Crippen LogP) is 2.35. The fraction of sp³-hybridized carbons (Fsp3) is 0.611. The Morgan fingerprint density at radius 2 is 2.08 bits per heavy atom. The van der Waals surface area contributed by atoms with Crippen LogP contribution in [0.3, 0.4) is 0 Å². The molecular weight excluding hydrogens is 324 g/mol. The van der Waals surface area contributed by atoms with Gasteiger partial charge in [-0.1, -0.05) is 6.92 Å². The van der Waals surface area contributed by atoms with E-state index in [9.17, 15) is 14.4 Å². The SMILES string of the molecule is CCCN1C(=O)[C@@H]2CC[C@H]1CN(C(=O)Cc1csc(C(C)=O)c1)C2. The largest absolute Gasteiger partial charge is 0.340 e. The molecule has 2 atom stereocenters. The number of amides is 2. The van der Waals surface area contributed by atoms with E-state index >= 15 is 0 Å². The minimum Gasteiger partial charge on any atom is -0.340 e. The van der Waals surface area contributed by atoms with Crippen LogP contribution in [0.15, 0.2) is 11.4 Å². The number of piperidine rings is 1. The summed E-state index contributed by atoms with van der Waals surface area (Å²) < 4.78 is 0. The summed E-state index contributed by atoms with van der Waals surface area (Å²) in [6.07, 6.45) is 3.14. The number of carbonyl (C=O) groups is 3. The van der Waals surface area contributed by atoms with E-state index in [1.807, 2.05) is 21.2 Å². The number of fused-ring (bicyclic) bond motifs is 4. The standard InChI is InChI=1S/C18H24N2O3S/c1-3-6-20-15-5-4-14(18(20)23)9-19(10-15)17(22)8-13-7-16(12(2)21)24-11-13/h7,11,14-15H,3-6,8-10H2,1-2H3/t14-,15+/m1/s1. The van der Waals surface area contributed by atoms with Gasteiger partial charge >= 0.3 is 0 Å². The fourth-order valence-corrected chi connectivity index (χ4v) is 4.53. The van der Waals surface area contributed by atoms with E-state index in [-0.39, 0.29) is 29.6 Å². The second-order valence-electron chi connectivity index (χ2n) is 6.81. The lowest BCUT2D eigenvalue weighted by Crippen LogP contribution is -2.48. The lowest BCUT2D eigenvalue weighted by atomic mass is 9.94. The zero-order valence-electron chi connectivity index (χ0n) is 14.3. The van der Waals surface area contributed by atoms with E-state index < -0.39 is 0 Å². The lowest BCUT2D eigenvalue weighted by molar-refractivity contribution is -0.139. The molecule has 6 heteroatoms. The average molecular weight is 348 g/mol. The van der Waals surface area contributed by atoms with Gasteiger partial charge in [0.05, 0.1) is 17.2 Å². The van der Waals surface area contributed by atoms with Crippen molar-refractivity contribution >= 4 is 28.9 Å². The van der Waals surface area contributed by atoms with Crippen molar-refractivity contribution in [3.63, 3.8) is 0 Å². The highest BCUT2D eigenvalue weighted by Gasteiger charge is 2.41. The van der Waals surface area contributed by atoms with Gasteiger partial charge in [0.15, 0.2) is 5.78 Å². The van der Waals surface area contributed by atoms with Gasteiger partial charge in [0.1, 0.15) is 0 Å². The predicted molar refractivity (Wildman–Crippen MR) is 93.1 cm³/mol. The van der Waals surface area contributed by atoms with E-state index in [4.69, 9.17) is 0 Å². The number of thiophene rings is 1. The van der Waals surface area contributed by atoms with Crippen LogP contribution in [-0.4, -0.2) is 53.1 Å². The molecule has 3 aliphatic rings. The second-order valence-corrected chi connectivity index (χ2v) is 7.72. The zero-order chi connectivity index (χ0) is 17.3. The smallest absolute Gasteiger partial charge is 0.227 e. The number of Topliss-reactive ketones (excluding diaryl/α,β-unsaturated/α-hetero) is 1. The molecule has 0 aromatic carbocycles. The number of rotatable bonds is 5. The minimum absolute atomic E-state index is 0.0346. The Kier molecular flexibility index (Phi) is 5.04. The minimum atomic E-state index is -0.0468. The first-order valence-corrected chi connectivity index (χ1v) is 9.54. The van der Waals surface area contributed by atoms with Crippen molar-refractivity contribution in [1.29, 1.82) is 0 Å². The Labute approximate surface area is 146 Å². The number of carbonyl (C=O) groups excluding carboxylic acids is 3. The first kappa shape index (κ1) is 17.1. The molecule has 5 nitrogen and oxygen atoms in total. The summed E-state index contributed by atoms with van der Waals surface area (Å²) in [6, 6.07) is 1.97. The third-order valence-corrected chi connectivity index (χ3v) is 6.05. The average Bonchev–Trinajstić information content (AvgIpc) is 2.84. The molecule has 1 aromatic rings. The summed E-state index contributed by atoms with van der Waals surface area (Å²) in [5.74, 6) is 0.269. The van der Waals surface area contributed by atoms with Gasteiger partial charge in [0, 0.05) is 25.7 Å².